The van der Waals surface area contributed by atoms with Gasteiger partial charge in [-0.2, -0.15) is 13.2 Å². The molecule has 2 aromatic heterocycles. The molecule has 29 heavy (non-hydrogen) atoms. The zero-order valence-corrected chi connectivity index (χ0v) is 16.8. The minimum Gasteiger partial charge on any atom is -0.298 e. The number of anilines is 1. The molecule has 155 valence electrons. The van der Waals surface area contributed by atoms with Gasteiger partial charge in [0.25, 0.3) is 0 Å². The van der Waals surface area contributed by atoms with E-state index in [0.717, 1.165) is 31.8 Å². The van der Waals surface area contributed by atoms with E-state index in [-0.39, 0.29) is 5.91 Å². The smallest absolute Gasteiger partial charge is 0.298 e. The maximum Gasteiger partial charge on any atom is 0.433 e. The quantitative estimate of drug-likeness (QED) is 0.759. The van der Waals surface area contributed by atoms with Crippen molar-refractivity contribution in [2.75, 3.05) is 25.0 Å². The molecule has 0 spiro atoms. The summed E-state index contributed by atoms with van der Waals surface area (Å²) in [6.45, 7) is 7.58. The van der Waals surface area contributed by atoms with E-state index in [9.17, 15) is 18.0 Å². The Morgan fingerprint density at radius 1 is 1.24 bits per heavy atom. The molecule has 0 N–H and O–H groups in total. The molecular formula is C20H23F3N5O. The first-order valence-electron chi connectivity index (χ1n) is 9.20. The third-order valence-electron chi connectivity index (χ3n) is 5.18. The van der Waals surface area contributed by atoms with Crippen LogP contribution in [0, 0.1) is 5.92 Å². The summed E-state index contributed by atoms with van der Waals surface area (Å²) in [6.07, 6.45) is -1.34. The lowest BCUT2D eigenvalue weighted by Gasteiger charge is -2.51. The monoisotopic (exact) mass is 406 g/mol. The molecule has 1 fully saturated rings. The largest absolute Gasteiger partial charge is 0.433 e. The van der Waals surface area contributed by atoms with E-state index in [1.807, 2.05) is 20.8 Å². The lowest BCUT2D eigenvalue weighted by Crippen LogP contribution is -2.66. The highest BCUT2D eigenvalue weighted by atomic mass is 19.4. The van der Waals surface area contributed by atoms with Gasteiger partial charge in [0.05, 0.1) is 11.2 Å². The van der Waals surface area contributed by atoms with Gasteiger partial charge in [0.1, 0.15) is 17.8 Å². The van der Waals surface area contributed by atoms with Gasteiger partial charge >= 0.3 is 6.18 Å². The number of likely N-dealkylation sites (tertiary alicyclic amines) is 1. The highest BCUT2D eigenvalue weighted by Crippen LogP contribution is 2.34. The summed E-state index contributed by atoms with van der Waals surface area (Å²) in [5.41, 5.74) is -0.768. The molecule has 1 aliphatic heterocycles. The Morgan fingerprint density at radius 2 is 1.97 bits per heavy atom. The first kappa shape index (κ1) is 21.2. The van der Waals surface area contributed by atoms with Gasteiger partial charge in [0.15, 0.2) is 0 Å². The molecule has 2 aromatic rings. The van der Waals surface area contributed by atoms with Crippen molar-refractivity contribution in [3.05, 3.63) is 42.3 Å². The summed E-state index contributed by atoms with van der Waals surface area (Å²) in [7, 11) is 1.64. The Balaban J connectivity index is 1.81. The van der Waals surface area contributed by atoms with Crippen LogP contribution in [0.1, 0.15) is 32.9 Å². The molecule has 6 nitrogen and oxygen atoms in total. The summed E-state index contributed by atoms with van der Waals surface area (Å²) in [6, 6.07) is 3.78. The second-order valence-electron chi connectivity index (χ2n) is 7.71. The minimum absolute atomic E-state index is 0.0832. The Morgan fingerprint density at radius 3 is 2.48 bits per heavy atom. The normalized spacial score (nSPS) is 19.9. The number of likely N-dealkylation sites (N-methyl/N-ethyl adjacent to an activating group) is 1. The molecule has 0 aliphatic carbocycles. The standard InChI is InChI=1S/C20H23F3N5O/c1-13(2)11-28-8-7-19(28,3)18(29)27(4)17-9-15(25-12-26-17)14-5-6-16(24-10-14)20(21,22)23/h5-6,9-10,12H,7-8,11H2,1-4H3. The number of aromatic nitrogens is 3. The van der Waals surface area contributed by atoms with Gasteiger partial charge in [0.2, 0.25) is 5.91 Å². The number of halogens is 3. The Hall–Kier alpha value is -2.55. The third-order valence-corrected chi connectivity index (χ3v) is 5.18. The van der Waals surface area contributed by atoms with Crippen molar-refractivity contribution in [2.45, 2.75) is 38.9 Å². The second kappa shape index (κ2) is 7.70. The zero-order chi connectivity index (χ0) is 21.4. The molecule has 9 heteroatoms. The lowest BCUT2D eigenvalue weighted by molar-refractivity contribution is -0.141. The summed E-state index contributed by atoms with van der Waals surface area (Å²) in [5, 5.41) is 0. The van der Waals surface area contributed by atoms with Crippen LogP contribution in [0.25, 0.3) is 11.3 Å². The van der Waals surface area contributed by atoms with Crippen molar-refractivity contribution in [3.8, 4) is 11.3 Å². The molecule has 1 saturated heterocycles. The number of carbonyl (C=O) groups excluding carboxylic acids is 1. The van der Waals surface area contributed by atoms with Crippen LogP contribution < -0.4 is 4.90 Å². The summed E-state index contributed by atoms with van der Waals surface area (Å²) < 4.78 is 38.1. The number of hydrogen-bond donors (Lipinski definition) is 0. The summed E-state index contributed by atoms with van der Waals surface area (Å²) >= 11 is 0. The Kier molecular flexibility index (Phi) is 5.62. The molecule has 1 radical (unpaired) electrons. The lowest BCUT2D eigenvalue weighted by atomic mass is 9.84. The van der Waals surface area contributed by atoms with Crippen LogP contribution in [-0.4, -0.2) is 51.4 Å². The van der Waals surface area contributed by atoms with Crippen molar-refractivity contribution in [1.29, 1.82) is 0 Å². The van der Waals surface area contributed by atoms with E-state index < -0.39 is 17.4 Å². The molecule has 3 heterocycles. The van der Waals surface area contributed by atoms with Crippen LogP contribution in [0.4, 0.5) is 19.0 Å². The Labute approximate surface area is 167 Å². The van der Waals surface area contributed by atoms with E-state index in [2.05, 4.69) is 19.9 Å². The van der Waals surface area contributed by atoms with Gasteiger partial charge in [-0.05, 0) is 31.4 Å². The van der Waals surface area contributed by atoms with E-state index >= 15 is 0 Å². The molecule has 1 atom stereocenters. The fraction of sp³-hybridized carbons (Fsp3) is 0.450. The Bertz CT molecular complexity index is 884. The van der Waals surface area contributed by atoms with Crippen molar-refractivity contribution in [2.24, 2.45) is 0 Å². The summed E-state index contributed by atoms with van der Waals surface area (Å²) in [5.74, 6) is 1.52. The average Bonchev–Trinajstić information content (AvgIpc) is 2.69. The van der Waals surface area contributed by atoms with Crippen LogP contribution in [0.5, 0.6) is 0 Å². The molecule has 0 saturated carbocycles. The van der Waals surface area contributed by atoms with Crippen LogP contribution in [0.3, 0.4) is 0 Å². The maximum absolute atomic E-state index is 13.1. The van der Waals surface area contributed by atoms with Gasteiger partial charge in [-0.15, -0.1) is 0 Å². The van der Waals surface area contributed by atoms with E-state index in [0.29, 0.717) is 17.1 Å². The summed E-state index contributed by atoms with van der Waals surface area (Å²) in [4.78, 5) is 28.5. The topological polar surface area (TPSA) is 62.2 Å². The average molecular weight is 406 g/mol. The molecule has 1 aliphatic rings. The van der Waals surface area contributed by atoms with Crippen molar-refractivity contribution in [1.82, 2.24) is 19.9 Å². The van der Waals surface area contributed by atoms with Crippen LogP contribution >= 0.6 is 0 Å². The number of carbonyl (C=O) groups is 1. The fourth-order valence-corrected chi connectivity index (χ4v) is 3.35. The molecule has 0 bridgehead atoms. The van der Waals surface area contributed by atoms with Gasteiger partial charge in [-0.3, -0.25) is 19.6 Å². The molecular weight excluding hydrogens is 383 g/mol. The third kappa shape index (κ3) is 4.24. The van der Waals surface area contributed by atoms with Crippen LogP contribution in [0.2, 0.25) is 0 Å². The van der Waals surface area contributed by atoms with E-state index in [4.69, 9.17) is 0 Å². The van der Waals surface area contributed by atoms with E-state index in [1.165, 1.54) is 23.2 Å². The second-order valence-corrected chi connectivity index (χ2v) is 7.71. The van der Waals surface area contributed by atoms with Gasteiger partial charge in [-0.1, -0.05) is 13.8 Å². The number of rotatable bonds is 5. The molecule has 3 rings (SSSR count). The van der Waals surface area contributed by atoms with Crippen LogP contribution in [0.15, 0.2) is 30.7 Å². The number of nitrogens with zero attached hydrogens (tertiary/aromatic N) is 5. The van der Waals surface area contributed by atoms with Crippen molar-refractivity contribution >= 4 is 11.7 Å². The zero-order valence-electron chi connectivity index (χ0n) is 16.8. The van der Waals surface area contributed by atoms with Crippen molar-refractivity contribution in [3.63, 3.8) is 0 Å². The number of pyridine rings is 1. The maximum atomic E-state index is 13.1. The SMILES string of the molecule is C[C](C)CN1CCC1(C)C(=O)N(C)c1cc(-c2ccc(C(F)(F)F)nc2)ncn1. The number of hydrogen-bond acceptors (Lipinski definition) is 5. The highest BCUT2D eigenvalue weighted by molar-refractivity contribution is 5.99. The van der Waals surface area contributed by atoms with Gasteiger partial charge in [0, 0.05) is 38.0 Å². The predicted octanol–water partition coefficient (Wildman–Crippen LogP) is 3.60. The fourth-order valence-electron chi connectivity index (χ4n) is 3.35. The predicted molar refractivity (Wildman–Crippen MR) is 103 cm³/mol. The van der Waals surface area contributed by atoms with Crippen LogP contribution in [-0.2, 0) is 11.0 Å². The molecule has 1 unspecified atom stereocenters. The van der Waals surface area contributed by atoms with Gasteiger partial charge in [-0.25, -0.2) is 9.97 Å². The van der Waals surface area contributed by atoms with E-state index in [1.54, 1.807) is 13.1 Å². The molecule has 1 amide bonds. The first-order chi connectivity index (χ1) is 13.5. The number of amides is 1. The minimum atomic E-state index is -4.50. The first-order valence-corrected chi connectivity index (χ1v) is 9.20. The molecule has 0 aromatic carbocycles. The highest BCUT2D eigenvalue weighted by Gasteiger charge is 2.48. The van der Waals surface area contributed by atoms with Crippen molar-refractivity contribution < 1.29 is 18.0 Å². The van der Waals surface area contributed by atoms with Gasteiger partial charge < -0.3 is 0 Å². The number of alkyl halides is 3.